The molecule has 0 saturated heterocycles. The van der Waals surface area contributed by atoms with Crippen molar-refractivity contribution in [2.24, 2.45) is 0 Å². The molecule has 0 aliphatic heterocycles. The summed E-state index contributed by atoms with van der Waals surface area (Å²) in [5.41, 5.74) is 1.52. The van der Waals surface area contributed by atoms with E-state index in [2.05, 4.69) is 26.6 Å². The van der Waals surface area contributed by atoms with Crippen molar-refractivity contribution in [3.63, 3.8) is 0 Å². The van der Waals surface area contributed by atoms with Crippen molar-refractivity contribution >= 4 is 39.3 Å². The third kappa shape index (κ3) is 3.61. The number of amides is 2. The topological polar surface area (TPSA) is 78.4 Å². The first-order valence-corrected chi connectivity index (χ1v) is 6.94. The number of rotatable bonds is 3. The fourth-order valence-electron chi connectivity index (χ4n) is 1.89. The van der Waals surface area contributed by atoms with Crippen LogP contribution in [0.15, 0.2) is 46.9 Å². The van der Waals surface area contributed by atoms with Crippen LogP contribution >= 0.6 is 15.9 Å². The number of carboxylic acid groups (broad SMARTS) is 1. The molecule has 2 rings (SSSR count). The number of urea groups is 1. The molecule has 2 aromatic rings. The van der Waals surface area contributed by atoms with E-state index >= 15 is 0 Å². The summed E-state index contributed by atoms with van der Waals surface area (Å²) in [6.45, 7) is 1.68. The summed E-state index contributed by atoms with van der Waals surface area (Å²) < 4.78 is 0.739. The van der Waals surface area contributed by atoms with E-state index in [1.54, 1.807) is 43.3 Å². The lowest BCUT2D eigenvalue weighted by Crippen LogP contribution is -2.21. The van der Waals surface area contributed by atoms with Gasteiger partial charge < -0.3 is 15.7 Å². The number of aryl methyl sites for hydroxylation is 1. The zero-order valence-corrected chi connectivity index (χ0v) is 12.8. The summed E-state index contributed by atoms with van der Waals surface area (Å²) in [5, 5.41) is 14.4. The van der Waals surface area contributed by atoms with E-state index in [4.69, 9.17) is 0 Å². The molecule has 2 amide bonds. The van der Waals surface area contributed by atoms with Crippen molar-refractivity contribution in [3.8, 4) is 0 Å². The Morgan fingerprint density at radius 3 is 2.29 bits per heavy atom. The van der Waals surface area contributed by atoms with Crippen LogP contribution in [0.5, 0.6) is 0 Å². The third-order valence-electron chi connectivity index (χ3n) is 2.86. The van der Waals surface area contributed by atoms with Crippen LogP contribution in [0.3, 0.4) is 0 Å². The number of carbonyl (C=O) groups is 2. The minimum Gasteiger partial charge on any atom is -0.478 e. The molecule has 0 unspecified atom stereocenters. The second-order valence-electron chi connectivity index (χ2n) is 4.36. The summed E-state index contributed by atoms with van der Waals surface area (Å²) in [7, 11) is 0. The van der Waals surface area contributed by atoms with Gasteiger partial charge in [0, 0.05) is 4.47 Å². The lowest BCUT2D eigenvalue weighted by Gasteiger charge is -2.12. The summed E-state index contributed by atoms with van der Waals surface area (Å²) in [4.78, 5) is 23.2. The first-order valence-electron chi connectivity index (χ1n) is 6.14. The zero-order valence-electron chi connectivity index (χ0n) is 11.2. The van der Waals surface area contributed by atoms with Crippen molar-refractivity contribution in [1.82, 2.24) is 0 Å². The smallest absolute Gasteiger partial charge is 0.338 e. The number of halogens is 1. The molecule has 0 aromatic heterocycles. The molecule has 0 aliphatic rings. The predicted molar refractivity (Wildman–Crippen MR) is 84.9 cm³/mol. The van der Waals surface area contributed by atoms with Gasteiger partial charge in [0.25, 0.3) is 0 Å². The quantitative estimate of drug-likeness (QED) is 0.781. The Hall–Kier alpha value is -2.34. The normalized spacial score (nSPS) is 10.0. The number of hydrogen-bond acceptors (Lipinski definition) is 2. The van der Waals surface area contributed by atoms with E-state index in [9.17, 15) is 14.7 Å². The van der Waals surface area contributed by atoms with E-state index in [-0.39, 0.29) is 11.3 Å². The number of para-hydroxylation sites is 1. The molecule has 6 heteroatoms. The number of anilines is 2. The molecule has 21 heavy (non-hydrogen) atoms. The Kier molecular flexibility index (Phi) is 4.59. The number of benzene rings is 2. The number of carbonyl (C=O) groups excluding carboxylic acids is 1. The molecule has 0 radical (unpaired) electrons. The van der Waals surface area contributed by atoms with Gasteiger partial charge in [-0.15, -0.1) is 0 Å². The third-order valence-corrected chi connectivity index (χ3v) is 3.55. The maximum Gasteiger partial charge on any atom is 0.338 e. The maximum absolute atomic E-state index is 12.0. The molecule has 0 saturated carbocycles. The maximum atomic E-state index is 12.0. The first kappa shape index (κ1) is 15.1. The summed E-state index contributed by atoms with van der Waals surface area (Å²) in [5.74, 6) is -1.08. The number of hydrogen-bond donors (Lipinski definition) is 3. The van der Waals surface area contributed by atoms with E-state index in [1.165, 1.54) is 0 Å². The monoisotopic (exact) mass is 348 g/mol. The fourth-order valence-corrected chi connectivity index (χ4v) is 2.28. The van der Waals surface area contributed by atoms with Gasteiger partial charge in [0.1, 0.15) is 0 Å². The van der Waals surface area contributed by atoms with Gasteiger partial charge >= 0.3 is 12.0 Å². The number of aromatic carboxylic acids is 1. The molecular weight excluding hydrogens is 336 g/mol. The standard InChI is InChI=1S/C15H13BrN2O3/c1-9-5-4-8-12(13(9)14(19)20)18-15(21)17-11-7-3-2-6-10(11)16/h2-8H,1H3,(H,19,20)(H2,17,18,21). The van der Waals surface area contributed by atoms with Gasteiger partial charge in [0.05, 0.1) is 16.9 Å². The summed E-state index contributed by atoms with van der Waals surface area (Å²) >= 11 is 3.32. The van der Waals surface area contributed by atoms with Crippen LogP contribution in [-0.2, 0) is 0 Å². The molecule has 0 atom stereocenters. The predicted octanol–water partition coefficient (Wildman–Crippen LogP) is 4.10. The Balaban J connectivity index is 2.19. The van der Waals surface area contributed by atoms with Gasteiger partial charge in [-0.2, -0.15) is 0 Å². The van der Waals surface area contributed by atoms with Crippen LogP contribution < -0.4 is 10.6 Å². The highest BCUT2D eigenvalue weighted by Gasteiger charge is 2.15. The molecule has 0 aliphatic carbocycles. The zero-order chi connectivity index (χ0) is 15.4. The van der Waals surface area contributed by atoms with Crippen LogP contribution in [-0.4, -0.2) is 17.1 Å². The second kappa shape index (κ2) is 6.41. The van der Waals surface area contributed by atoms with Crippen molar-refractivity contribution in [2.45, 2.75) is 6.92 Å². The SMILES string of the molecule is Cc1cccc(NC(=O)Nc2ccccc2Br)c1C(=O)O. The Labute approximate surface area is 130 Å². The van der Waals surface area contributed by atoms with Crippen molar-refractivity contribution < 1.29 is 14.7 Å². The van der Waals surface area contributed by atoms with Crippen LogP contribution in [0, 0.1) is 6.92 Å². The summed E-state index contributed by atoms with van der Waals surface area (Å²) in [6, 6.07) is 11.6. The average molecular weight is 349 g/mol. The molecule has 5 nitrogen and oxygen atoms in total. The second-order valence-corrected chi connectivity index (χ2v) is 5.22. The van der Waals surface area contributed by atoms with Gasteiger partial charge in [-0.3, -0.25) is 0 Å². The molecule has 0 heterocycles. The van der Waals surface area contributed by atoms with Gasteiger partial charge in [-0.1, -0.05) is 24.3 Å². The van der Waals surface area contributed by atoms with E-state index < -0.39 is 12.0 Å². The van der Waals surface area contributed by atoms with E-state index in [1.807, 2.05) is 6.07 Å². The van der Waals surface area contributed by atoms with Crippen molar-refractivity contribution in [2.75, 3.05) is 10.6 Å². The van der Waals surface area contributed by atoms with E-state index in [0.717, 1.165) is 4.47 Å². The van der Waals surface area contributed by atoms with Gasteiger partial charge in [-0.25, -0.2) is 9.59 Å². The van der Waals surface area contributed by atoms with Crippen molar-refractivity contribution in [1.29, 1.82) is 0 Å². The van der Waals surface area contributed by atoms with Gasteiger partial charge in [0.15, 0.2) is 0 Å². The number of carboxylic acids is 1. The molecule has 2 aromatic carbocycles. The largest absolute Gasteiger partial charge is 0.478 e. The molecule has 108 valence electrons. The lowest BCUT2D eigenvalue weighted by atomic mass is 10.1. The fraction of sp³-hybridized carbons (Fsp3) is 0.0667. The molecule has 0 spiro atoms. The van der Waals surface area contributed by atoms with Crippen LogP contribution in [0.4, 0.5) is 16.2 Å². The average Bonchev–Trinajstić information content (AvgIpc) is 2.41. The number of nitrogens with one attached hydrogen (secondary N) is 2. The Morgan fingerprint density at radius 1 is 1.00 bits per heavy atom. The lowest BCUT2D eigenvalue weighted by molar-refractivity contribution is 0.0697. The molecular formula is C15H13BrN2O3. The minimum atomic E-state index is -1.08. The molecule has 0 fully saturated rings. The molecule has 3 N–H and O–H groups in total. The van der Waals surface area contributed by atoms with Gasteiger partial charge in [-0.05, 0) is 46.6 Å². The Bertz CT molecular complexity index is 701. The van der Waals surface area contributed by atoms with Crippen LogP contribution in [0.25, 0.3) is 0 Å². The summed E-state index contributed by atoms with van der Waals surface area (Å²) in [6.07, 6.45) is 0. The highest BCUT2D eigenvalue weighted by molar-refractivity contribution is 9.10. The van der Waals surface area contributed by atoms with Crippen LogP contribution in [0.2, 0.25) is 0 Å². The van der Waals surface area contributed by atoms with Gasteiger partial charge in [0.2, 0.25) is 0 Å². The van der Waals surface area contributed by atoms with Crippen molar-refractivity contribution in [3.05, 3.63) is 58.1 Å². The van der Waals surface area contributed by atoms with Crippen LogP contribution in [0.1, 0.15) is 15.9 Å². The Morgan fingerprint density at radius 2 is 1.62 bits per heavy atom. The minimum absolute atomic E-state index is 0.0831. The molecule has 0 bridgehead atoms. The van der Waals surface area contributed by atoms with E-state index in [0.29, 0.717) is 11.3 Å². The highest BCUT2D eigenvalue weighted by atomic mass is 79.9. The highest BCUT2D eigenvalue weighted by Crippen LogP contribution is 2.23. The first-order chi connectivity index (χ1) is 9.99.